The predicted octanol–water partition coefficient (Wildman–Crippen LogP) is 1.41. The smallest absolute Gasteiger partial charge is 0.417 e. The van der Waals surface area contributed by atoms with Crippen LogP contribution in [0.4, 0.5) is 18.9 Å². The average Bonchev–Trinajstić information content (AvgIpc) is 2.29. The number of anilines is 1. The van der Waals surface area contributed by atoms with Crippen LogP contribution in [0.1, 0.15) is 11.1 Å². The second-order valence-electron chi connectivity index (χ2n) is 3.22. The zero-order valence-corrected chi connectivity index (χ0v) is 9.92. The maximum Gasteiger partial charge on any atom is 0.417 e. The molecule has 0 aliphatic carbocycles. The van der Waals surface area contributed by atoms with Crippen molar-refractivity contribution >= 4 is 22.8 Å². The maximum absolute atomic E-state index is 12.7. The van der Waals surface area contributed by atoms with E-state index in [0.29, 0.717) is 12.3 Å². The zero-order chi connectivity index (χ0) is 14.6. The fraction of sp³-hybridized carbons (Fsp3) is 0.111. The first kappa shape index (κ1) is 15.4. The molecule has 0 heterocycles. The lowest BCUT2D eigenvalue weighted by Crippen LogP contribution is -2.10. The molecule has 1 atom stereocenters. The van der Waals surface area contributed by atoms with Gasteiger partial charge in [0.15, 0.2) is 0 Å². The topological polar surface area (TPSA) is 108 Å². The largest absolute Gasteiger partial charge is 0.768 e. The van der Waals surface area contributed by atoms with E-state index < -0.39 is 39.0 Å². The van der Waals surface area contributed by atoms with Crippen LogP contribution >= 0.6 is 0 Å². The van der Waals surface area contributed by atoms with E-state index in [1.54, 1.807) is 0 Å². The van der Waals surface area contributed by atoms with E-state index >= 15 is 0 Å². The molecule has 0 saturated carbocycles. The summed E-state index contributed by atoms with van der Waals surface area (Å²) in [4.78, 5) is 3.64. The Morgan fingerprint density at radius 2 is 2.11 bits per heavy atom. The van der Waals surface area contributed by atoms with Gasteiger partial charge in [-0.25, -0.2) is 0 Å². The van der Waals surface area contributed by atoms with Crippen LogP contribution in [0.2, 0.25) is 0 Å². The van der Waals surface area contributed by atoms with Crippen molar-refractivity contribution < 1.29 is 32.0 Å². The summed E-state index contributed by atoms with van der Waals surface area (Å²) in [7, 11) is 0. The van der Waals surface area contributed by atoms with E-state index in [1.165, 1.54) is 5.64 Å². The molecule has 0 aliphatic heterocycles. The molecule has 1 aromatic carbocycles. The Labute approximate surface area is 107 Å². The van der Waals surface area contributed by atoms with E-state index in [4.69, 9.17) is 10.9 Å². The minimum atomic E-state index is -4.72. The fourth-order valence-electron chi connectivity index (χ4n) is 1.28. The van der Waals surface area contributed by atoms with Crippen molar-refractivity contribution in [2.45, 2.75) is 11.1 Å². The van der Waals surface area contributed by atoms with E-state index in [9.17, 15) is 21.9 Å². The number of nitrogens with two attached hydrogens (primary N) is 1. The second kappa shape index (κ2) is 6.02. The monoisotopic (exact) mass is 297 g/mol. The van der Waals surface area contributed by atoms with E-state index in [-0.39, 0.29) is 0 Å². The van der Waals surface area contributed by atoms with Crippen LogP contribution in [0.3, 0.4) is 0 Å². The number of hydrogen-bond donors (Lipinski definition) is 3. The molecule has 19 heavy (non-hydrogen) atoms. The third-order valence-corrected chi connectivity index (χ3v) is 2.75. The summed E-state index contributed by atoms with van der Waals surface area (Å²) in [6.07, 6.45) is -3.19. The standard InChI is InChI=1S/C9H9F3N2O4S/c10-9(11,12)6-4-7(13)8(19(16)17)3-5(6)1-2-18-14-15/h1-4,14-15H,13H2,(H,16,17)/p-1/b2-1+. The number of rotatable bonds is 4. The molecule has 0 aliphatic rings. The van der Waals surface area contributed by atoms with E-state index in [1.807, 2.05) is 0 Å². The van der Waals surface area contributed by atoms with Gasteiger partial charge in [0.25, 0.3) is 0 Å². The van der Waals surface area contributed by atoms with Crippen molar-refractivity contribution in [1.29, 1.82) is 0 Å². The first-order chi connectivity index (χ1) is 8.77. The van der Waals surface area contributed by atoms with Crippen molar-refractivity contribution in [3.8, 4) is 0 Å². The molecule has 1 rings (SSSR count). The minimum absolute atomic E-state index is 0.468. The molecule has 10 heteroatoms. The van der Waals surface area contributed by atoms with Gasteiger partial charge >= 0.3 is 6.18 Å². The molecule has 0 bridgehead atoms. The first-order valence-corrected chi connectivity index (χ1v) is 5.66. The molecule has 0 aromatic heterocycles. The van der Waals surface area contributed by atoms with Gasteiger partial charge < -0.3 is 15.1 Å². The van der Waals surface area contributed by atoms with Gasteiger partial charge in [0.2, 0.25) is 0 Å². The lowest BCUT2D eigenvalue weighted by Gasteiger charge is -2.15. The molecular weight excluding hydrogens is 289 g/mol. The average molecular weight is 297 g/mol. The van der Waals surface area contributed by atoms with Crippen molar-refractivity contribution in [2.75, 3.05) is 5.73 Å². The Kier molecular flexibility index (Phi) is 4.89. The number of halogens is 3. The molecule has 0 spiro atoms. The number of hydrogen-bond acceptors (Lipinski definition) is 6. The van der Waals surface area contributed by atoms with Crippen LogP contribution in [0.5, 0.6) is 0 Å². The van der Waals surface area contributed by atoms with Gasteiger partial charge in [-0.2, -0.15) is 13.2 Å². The summed E-state index contributed by atoms with van der Waals surface area (Å²) in [5, 5.41) is 8.10. The van der Waals surface area contributed by atoms with E-state index in [0.717, 1.165) is 12.1 Å². The third-order valence-electron chi connectivity index (χ3n) is 2.04. The maximum atomic E-state index is 12.7. The summed E-state index contributed by atoms with van der Waals surface area (Å²) in [5.74, 6) is 0. The molecule has 106 valence electrons. The van der Waals surface area contributed by atoms with Crippen molar-refractivity contribution in [3.63, 3.8) is 0 Å². The molecule has 0 saturated heterocycles. The van der Waals surface area contributed by atoms with Crippen LogP contribution < -0.4 is 11.4 Å². The highest BCUT2D eigenvalue weighted by molar-refractivity contribution is 7.79. The van der Waals surface area contributed by atoms with Crippen molar-refractivity contribution in [2.24, 2.45) is 0 Å². The van der Waals surface area contributed by atoms with Crippen LogP contribution in [0.15, 0.2) is 23.3 Å². The van der Waals surface area contributed by atoms with E-state index in [2.05, 4.69) is 4.84 Å². The van der Waals surface area contributed by atoms with Gasteiger partial charge in [0, 0.05) is 10.6 Å². The lowest BCUT2D eigenvalue weighted by atomic mass is 10.1. The van der Waals surface area contributed by atoms with Crippen LogP contribution in [0, 0.1) is 0 Å². The second-order valence-corrected chi connectivity index (χ2v) is 4.13. The van der Waals surface area contributed by atoms with Gasteiger partial charge in [-0.3, -0.25) is 9.42 Å². The summed E-state index contributed by atoms with van der Waals surface area (Å²) in [6.45, 7) is 0. The molecule has 4 N–H and O–H groups in total. The molecular formula is C9H8F3N2O4S-. The summed E-state index contributed by atoms with van der Waals surface area (Å²) in [6, 6.07) is 1.26. The number of nitrogen functional groups attached to an aromatic ring is 1. The third kappa shape index (κ3) is 3.92. The van der Waals surface area contributed by atoms with Crippen LogP contribution in [-0.2, 0) is 22.1 Å². The van der Waals surface area contributed by atoms with Crippen LogP contribution in [-0.4, -0.2) is 14.0 Å². The summed E-state index contributed by atoms with van der Waals surface area (Å²) < 4.78 is 59.8. The molecule has 1 unspecified atom stereocenters. The normalized spacial score (nSPS) is 13.7. The van der Waals surface area contributed by atoms with Gasteiger partial charge in [-0.05, 0) is 40.5 Å². The Morgan fingerprint density at radius 1 is 1.47 bits per heavy atom. The number of alkyl halides is 3. The predicted molar refractivity (Wildman–Crippen MR) is 58.1 cm³/mol. The molecule has 0 fully saturated rings. The van der Waals surface area contributed by atoms with Gasteiger partial charge in [-0.15, -0.1) is 0 Å². The molecule has 0 amide bonds. The Morgan fingerprint density at radius 3 is 2.58 bits per heavy atom. The molecule has 6 nitrogen and oxygen atoms in total. The highest BCUT2D eigenvalue weighted by atomic mass is 32.2. The summed E-state index contributed by atoms with van der Waals surface area (Å²) in [5.41, 5.74) is 4.35. The molecule has 1 aromatic rings. The van der Waals surface area contributed by atoms with Crippen molar-refractivity contribution in [3.05, 3.63) is 29.5 Å². The Balaban J connectivity index is 3.37. The Bertz CT molecular complexity index is 519. The number of benzene rings is 1. The highest BCUT2D eigenvalue weighted by Gasteiger charge is 2.33. The van der Waals surface area contributed by atoms with Gasteiger partial charge in [-0.1, -0.05) is 0 Å². The first-order valence-electron chi connectivity index (χ1n) is 4.58. The van der Waals surface area contributed by atoms with Gasteiger partial charge in [0.05, 0.1) is 5.56 Å². The zero-order valence-electron chi connectivity index (χ0n) is 9.10. The molecule has 0 radical (unpaired) electrons. The summed E-state index contributed by atoms with van der Waals surface area (Å²) >= 11 is -2.78. The highest BCUT2D eigenvalue weighted by Crippen LogP contribution is 2.35. The Hall–Kier alpha value is -1.62. The lowest BCUT2D eigenvalue weighted by molar-refractivity contribution is -0.137. The fourth-order valence-corrected chi connectivity index (χ4v) is 1.75. The quantitative estimate of drug-likeness (QED) is 0.335. The SMILES string of the molecule is Nc1cc(C(F)(F)F)c(/C=C/ONO)cc1S(=O)[O-]. The van der Waals surface area contributed by atoms with Crippen LogP contribution in [0.25, 0.3) is 6.08 Å². The van der Waals surface area contributed by atoms with Gasteiger partial charge in [0.1, 0.15) is 6.26 Å². The minimum Gasteiger partial charge on any atom is -0.768 e. The number of nitrogens with one attached hydrogen (secondary N) is 1. The van der Waals surface area contributed by atoms with Crippen molar-refractivity contribution in [1.82, 2.24) is 5.64 Å².